The molecule has 0 unspecified atom stereocenters. The lowest BCUT2D eigenvalue weighted by Gasteiger charge is -2.29. The van der Waals surface area contributed by atoms with Gasteiger partial charge in [-0.25, -0.2) is 4.79 Å². The molecule has 0 atom stereocenters. The fourth-order valence-corrected chi connectivity index (χ4v) is 2.51. The van der Waals surface area contributed by atoms with Crippen LogP contribution in [0.15, 0.2) is 18.2 Å². The van der Waals surface area contributed by atoms with E-state index >= 15 is 0 Å². The van der Waals surface area contributed by atoms with Crippen molar-refractivity contribution >= 4 is 17.7 Å². The van der Waals surface area contributed by atoms with Crippen LogP contribution in [-0.4, -0.2) is 41.6 Å². The van der Waals surface area contributed by atoms with Gasteiger partial charge < -0.3 is 10.0 Å². The quantitative estimate of drug-likeness (QED) is 0.907. The zero-order valence-corrected chi connectivity index (χ0v) is 12.8. The maximum atomic E-state index is 12.6. The van der Waals surface area contributed by atoms with Gasteiger partial charge in [0.25, 0.3) is 0 Å². The second kappa shape index (κ2) is 6.16. The van der Waals surface area contributed by atoms with Crippen LogP contribution in [0.4, 0.5) is 10.5 Å². The molecule has 1 aliphatic carbocycles. The van der Waals surface area contributed by atoms with Crippen LogP contribution in [0.25, 0.3) is 0 Å². The van der Waals surface area contributed by atoms with E-state index in [0.717, 1.165) is 29.7 Å². The lowest BCUT2D eigenvalue weighted by molar-refractivity contribution is -0.137. The minimum Gasteiger partial charge on any atom is -0.481 e. The standard InChI is InChI=1S/C16H22N2O3/c1-11-4-7-14(12(2)10-11)17(3)16(21)18(13-5-6-13)9-8-15(19)20/h4,7,10,13H,5-6,8-9H2,1-3H3,(H,19,20). The smallest absolute Gasteiger partial charge is 0.324 e. The summed E-state index contributed by atoms with van der Waals surface area (Å²) in [5, 5.41) is 8.83. The topological polar surface area (TPSA) is 60.9 Å². The van der Waals surface area contributed by atoms with Gasteiger partial charge >= 0.3 is 12.0 Å². The number of aryl methyl sites for hydroxylation is 2. The van der Waals surface area contributed by atoms with Crippen LogP contribution < -0.4 is 4.90 Å². The summed E-state index contributed by atoms with van der Waals surface area (Å²) in [7, 11) is 1.75. The average molecular weight is 290 g/mol. The van der Waals surface area contributed by atoms with E-state index in [2.05, 4.69) is 0 Å². The fraction of sp³-hybridized carbons (Fsp3) is 0.500. The highest BCUT2D eigenvalue weighted by Crippen LogP contribution is 2.29. The number of amides is 2. The Labute approximate surface area is 125 Å². The largest absolute Gasteiger partial charge is 0.481 e. The number of carbonyl (C=O) groups excluding carboxylic acids is 1. The van der Waals surface area contributed by atoms with Crippen molar-refractivity contribution in [1.29, 1.82) is 0 Å². The number of benzene rings is 1. The first-order valence-electron chi connectivity index (χ1n) is 7.23. The Hall–Kier alpha value is -2.04. The Bertz CT molecular complexity index is 552. The highest BCUT2D eigenvalue weighted by Gasteiger charge is 2.34. The summed E-state index contributed by atoms with van der Waals surface area (Å²) in [6.45, 7) is 4.26. The van der Waals surface area contributed by atoms with E-state index in [1.807, 2.05) is 32.0 Å². The monoisotopic (exact) mass is 290 g/mol. The third kappa shape index (κ3) is 3.74. The highest BCUT2D eigenvalue weighted by atomic mass is 16.4. The van der Waals surface area contributed by atoms with Gasteiger partial charge in [0, 0.05) is 25.3 Å². The third-order valence-corrected chi connectivity index (χ3v) is 3.80. The van der Waals surface area contributed by atoms with Gasteiger partial charge in [0.1, 0.15) is 0 Å². The Kier molecular flexibility index (Phi) is 4.50. The van der Waals surface area contributed by atoms with Crippen molar-refractivity contribution in [3.05, 3.63) is 29.3 Å². The third-order valence-electron chi connectivity index (χ3n) is 3.80. The number of hydrogen-bond donors (Lipinski definition) is 1. The van der Waals surface area contributed by atoms with Crippen molar-refractivity contribution in [3.63, 3.8) is 0 Å². The lowest BCUT2D eigenvalue weighted by Crippen LogP contribution is -2.43. The zero-order valence-electron chi connectivity index (χ0n) is 12.8. The molecule has 0 aliphatic heterocycles. The number of carboxylic acids is 1. The summed E-state index contributed by atoms with van der Waals surface area (Å²) in [6.07, 6.45) is 1.92. The fourth-order valence-electron chi connectivity index (χ4n) is 2.51. The Balaban J connectivity index is 2.13. The van der Waals surface area contributed by atoms with Crippen molar-refractivity contribution in [2.75, 3.05) is 18.5 Å². The highest BCUT2D eigenvalue weighted by molar-refractivity contribution is 5.92. The molecular weight excluding hydrogens is 268 g/mol. The molecule has 2 amide bonds. The molecule has 21 heavy (non-hydrogen) atoms. The van der Waals surface area contributed by atoms with Gasteiger partial charge in [0.2, 0.25) is 0 Å². The minimum absolute atomic E-state index is 0.0110. The summed E-state index contributed by atoms with van der Waals surface area (Å²) in [5.74, 6) is -0.873. The van der Waals surface area contributed by atoms with E-state index in [0.29, 0.717) is 0 Å². The number of urea groups is 1. The molecule has 0 radical (unpaired) electrons. The van der Waals surface area contributed by atoms with Crippen molar-refractivity contribution in [2.45, 2.75) is 39.2 Å². The van der Waals surface area contributed by atoms with Gasteiger partial charge in [-0.2, -0.15) is 0 Å². The van der Waals surface area contributed by atoms with Crippen LogP contribution in [0, 0.1) is 13.8 Å². The van der Waals surface area contributed by atoms with Crippen molar-refractivity contribution < 1.29 is 14.7 Å². The first-order chi connectivity index (χ1) is 9.90. The van der Waals surface area contributed by atoms with E-state index in [4.69, 9.17) is 5.11 Å². The molecule has 2 rings (SSSR count). The molecule has 5 nitrogen and oxygen atoms in total. The predicted molar refractivity (Wildman–Crippen MR) is 81.7 cm³/mol. The van der Waals surface area contributed by atoms with Gasteiger partial charge in [0.05, 0.1) is 6.42 Å². The number of hydrogen-bond acceptors (Lipinski definition) is 2. The molecule has 0 spiro atoms. The Morgan fingerprint density at radius 1 is 1.29 bits per heavy atom. The van der Waals surface area contributed by atoms with Gasteiger partial charge in [-0.1, -0.05) is 17.7 Å². The van der Waals surface area contributed by atoms with Crippen molar-refractivity contribution in [3.8, 4) is 0 Å². The summed E-state index contributed by atoms with van der Waals surface area (Å²) < 4.78 is 0. The number of nitrogens with zero attached hydrogens (tertiary/aromatic N) is 2. The van der Waals surface area contributed by atoms with E-state index in [-0.39, 0.29) is 25.0 Å². The second-order valence-electron chi connectivity index (χ2n) is 5.70. The van der Waals surface area contributed by atoms with Gasteiger partial charge in [0.15, 0.2) is 0 Å². The van der Waals surface area contributed by atoms with E-state index in [1.54, 1.807) is 16.8 Å². The van der Waals surface area contributed by atoms with E-state index in [9.17, 15) is 9.59 Å². The first kappa shape index (κ1) is 15.4. The molecular formula is C16H22N2O3. The summed E-state index contributed by atoms with van der Waals surface area (Å²) >= 11 is 0. The minimum atomic E-state index is -0.873. The molecule has 114 valence electrons. The number of anilines is 1. The first-order valence-corrected chi connectivity index (χ1v) is 7.23. The molecule has 1 fully saturated rings. The van der Waals surface area contributed by atoms with Crippen molar-refractivity contribution in [2.24, 2.45) is 0 Å². The molecule has 0 aromatic heterocycles. The second-order valence-corrected chi connectivity index (χ2v) is 5.70. The van der Waals surface area contributed by atoms with Crippen LogP contribution in [0.3, 0.4) is 0 Å². The summed E-state index contributed by atoms with van der Waals surface area (Å²) in [4.78, 5) is 26.7. The van der Waals surface area contributed by atoms with E-state index < -0.39 is 5.97 Å². The maximum absolute atomic E-state index is 12.6. The zero-order chi connectivity index (χ0) is 15.6. The van der Waals surface area contributed by atoms with Crippen LogP contribution in [0.1, 0.15) is 30.4 Å². The molecule has 1 saturated carbocycles. The van der Waals surface area contributed by atoms with Gasteiger partial charge in [-0.15, -0.1) is 0 Å². The Morgan fingerprint density at radius 3 is 2.48 bits per heavy atom. The molecule has 1 aromatic carbocycles. The van der Waals surface area contributed by atoms with Crippen LogP contribution >= 0.6 is 0 Å². The number of aliphatic carboxylic acids is 1. The maximum Gasteiger partial charge on any atom is 0.324 e. The molecule has 0 saturated heterocycles. The normalized spacial score (nSPS) is 13.9. The average Bonchev–Trinajstić information content (AvgIpc) is 3.22. The Morgan fingerprint density at radius 2 is 1.95 bits per heavy atom. The summed E-state index contributed by atoms with van der Waals surface area (Å²) in [5.41, 5.74) is 3.06. The van der Waals surface area contributed by atoms with Crippen molar-refractivity contribution in [1.82, 2.24) is 4.90 Å². The molecule has 1 aromatic rings. The molecule has 0 heterocycles. The number of carboxylic acid groups (broad SMARTS) is 1. The van der Waals surface area contributed by atoms with Gasteiger partial charge in [-0.3, -0.25) is 9.69 Å². The molecule has 1 aliphatic rings. The van der Waals surface area contributed by atoms with Crippen LogP contribution in [-0.2, 0) is 4.79 Å². The van der Waals surface area contributed by atoms with Crippen LogP contribution in [0.5, 0.6) is 0 Å². The van der Waals surface area contributed by atoms with Crippen LogP contribution in [0.2, 0.25) is 0 Å². The number of rotatable bonds is 5. The lowest BCUT2D eigenvalue weighted by atomic mass is 10.1. The predicted octanol–water partition coefficient (Wildman–Crippen LogP) is 2.80. The van der Waals surface area contributed by atoms with Gasteiger partial charge in [-0.05, 0) is 38.3 Å². The summed E-state index contributed by atoms with van der Waals surface area (Å²) in [6, 6.07) is 6.03. The molecule has 1 N–H and O–H groups in total. The molecule has 5 heteroatoms. The SMILES string of the molecule is Cc1ccc(N(C)C(=O)N(CCC(=O)O)C2CC2)c(C)c1. The van der Waals surface area contributed by atoms with E-state index in [1.165, 1.54) is 0 Å². The number of carbonyl (C=O) groups is 2. The molecule has 0 bridgehead atoms.